The number of rotatable bonds is 5. The molecule has 2 rings (SSSR count). The molecule has 2 aromatic carbocycles. The summed E-state index contributed by atoms with van der Waals surface area (Å²) in [4.78, 5) is 11.8. The van der Waals surface area contributed by atoms with Crippen molar-refractivity contribution < 1.29 is 22.7 Å². The molecule has 0 saturated carbocycles. The topological polar surface area (TPSA) is 38.3 Å². The lowest BCUT2D eigenvalue weighted by Crippen LogP contribution is -2.29. The van der Waals surface area contributed by atoms with E-state index in [0.717, 1.165) is 17.2 Å². The highest BCUT2D eigenvalue weighted by Crippen LogP contribution is 2.16. The Labute approximate surface area is 132 Å². The van der Waals surface area contributed by atoms with Gasteiger partial charge in [-0.15, -0.1) is 0 Å². The van der Waals surface area contributed by atoms with Crippen LogP contribution in [0.4, 0.5) is 13.2 Å². The number of benzene rings is 2. The Morgan fingerprint density at radius 3 is 2.35 bits per heavy atom. The Kier molecular flexibility index (Phi) is 5.26. The minimum Gasteiger partial charge on any atom is -0.492 e. The summed E-state index contributed by atoms with van der Waals surface area (Å²) in [5.41, 5.74) is 1.55. The minimum absolute atomic E-state index is 0.101. The molecule has 0 aliphatic carbocycles. The summed E-state index contributed by atoms with van der Waals surface area (Å²) >= 11 is 0. The fourth-order valence-electron chi connectivity index (χ4n) is 2.15. The van der Waals surface area contributed by atoms with Crippen LogP contribution in [0.1, 0.15) is 21.5 Å². The molecule has 122 valence electrons. The van der Waals surface area contributed by atoms with Crippen LogP contribution in [0, 0.1) is 31.3 Å². The number of amides is 1. The second-order valence-electron chi connectivity index (χ2n) is 5.15. The van der Waals surface area contributed by atoms with Crippen LogP contribution in [0.25, 0.3) is 0 Å². The highest BCUT2D eigenvalue weighted by molar-refractivity contribution is 5.94. The molecule has 0 saturated heterocycles. The Morgan fingerprint density at radius 2 is 1.70 bits per heavy atom. The summed E-state index contributed by atoms with van der Waals surface area (Å²) in [5, 5.41) is 2.39. The number of halogens is 3. The van der Waals surface area contributed by atoms with Crippen LogP contribution in [-0.2, 0) is 0 Å². The first-order chi connectivity index (χ1) is 10.9. The Balaban J connectivity index is 1.89. The third-order valence-electron chi connectivity index (χ3n) is 3.13. The second kappa shape index (κ2) is 7.17. The fourth-order valence-corrected chi connectivity index (χ4v) is 2.15. The average Bonchev–Trinajstić information content (AvgIpc) is 2.48. The Morgan fingerprint density at radius 1 is 1.04 bits per heavy atom. The van der Waals surface area contributed by atoms with Gasteiger partial charge in [-0.2, -0.15) is 0 Å². The van der Waals surface area contributed by atoms with E-state index in [1.165, 1.54) is 0 Å². The molecule has 1 amide bonds. The molecule has 2 aromatic rings. The smallest absolute Gasteiger partial charge is 0.254 e. The number of carbonyl (C=O) groups excluding carboxylic acids is 1. The number of carbonyl (C=O) groups is 1. The lowest BCUT2D eigenvalue weighted by atomic mass is 10.1. The van der Waals surface area contributed by atoms with E-state index in [2.05, 4.69) is 5.32 Å². The van der Waals surface area contributed by atoms with Crippen LogP contribution in [0.2, 0.25) is 0 Å². The van der Waals surface area contributed by atoms with E-state index in [9.17, 15) is 18.0 Å². The van der Waals surface area contributed by atoms with Gasteiger partial charge < -0.3 is 10.1 Å². The first-order valence-corrected chi connectivity index (χ1v) is 7.01. The van der Waals surface area contributed by atoms with E-state index in [0.29, 0.717) is 11.8 Å². The Hall–Kier alpha value is -2.50. The third-order valence-corrected chi connectivity index (χ3v) is 3.13. The van der Waals surface area contributed by atoms with Gasteiger partial charge >= 0.3 is 0 Å². The van der Waals surface area contributed by atoms with Gasteiger partial charge in [0.15, 0.2) is 17.5 Å². The zero-order valence-electron chi connectivity index (χ0n) is 12.8. The maximum Gasteiger partial charge on any atom is 0.254 e. The van der Waals surface area contributed by atoms with Crippen molar-refractivity contribution in [2.75, 3.05) is 13.2 Å². The van der Waals surface area contributed by atoms with Crippen molar-refractivity contribution in [3.63, 3.8) is 0 Å². The van der Waals surface area contributed by atoms with E-state index in [-0.39, 0.29) is 13.2 Å². The van der Waals surface area contributed by atoms with Crippen molar-refractivity contribution in [3.05, 3.63) is 64.5 Å². The fraction of sp³-hybridized carbons (Fsp3) is 0.235. The highest BCUT2D eigenvalue weighted by Gasteiger charge is 2.18. The molecule has 23 heavy (non-hydrogen) atoms. The molecular formula is C17H16F3NO2. The SMILES string of the molecule is Cc1cc(C)cc(OCCNC(=O)c2ccc(F)c(F)c2F)c1. The van der Waals surface area contributed by atoms with Gasteiger partial charge in [-0.25, -0.2) is 13.2 Å². The van der Waals surface area contributed by atoms with Crippen LogP contribution in [0.5, 0.6) is 5.75 Å². The van der Waals surface area contributed by atoms with Gasteiger partial charge in [0.05, 0.1) is 12.1 Å². The van der Waals surface area contributed by atoms with Gasteiger partial charge in [0.2, 0.25) is 0 Å². The van der Waals surface area contributed by atoms with E-state index >= 15 is 0 Å². The summed E-state index contributed by atoms with van der Waals surface area (Å²) in [6.45, 7) is 4.14. The lowest BCUT2D eigenvalue weighted by molar-refractivity contribution is 0.0941. The molecule has 3 nitrogen and oxygen atoms in total. The summed E-state index contributed by atoms with van der Waals surface area (Å²) in [7, 11) is 0. The van der Waals surface area contributed by atoms with E-state index in [1.54, 1.807) is 0 Å². The summed E-state index contributed by atoms with van der Waals surface area (Å²) in [5.74, 6) is -4.67. The van der Waals surface area contributed by atoms with Gasteiger partial charge in [-0.3, -0.25) is 4.79 Å². The maximum atomic E-state index is 13.5. The van der Waals surface area contributed by atoms with Crippen LogP contribution in [0.15, 0.2) is 30.3 Å². The normalized spacial score (nSPS) is 10.5. The maximum absolute atomic E-state index is 13.5. The molecule has 0 aliphatic rings. The number of ether oxygens (including phenoxy) is 1. The first kappa shape index (κ1) is 16.9. The van der Waals surface area contributed by atoms with Gasteiger partial charge in [-0.1, -0.05) is 6.07 Å². The van der Waals surface area contributed by atoms with Crippen molar-refractivity contribution in [2.24, 2.45) is 0 Å². The molecule has 1 N–H and O–H groups in total. The standard InChI is InChI=1S/C17H16F3NO2/c1-10-7-11(2)9-12(8-10)23-6-5-21-17(22)13-3-4-14(18)16(20)15(13)19/h3-4,7-9H,5-6H2,1-2H3,(H,21,22). The van der Waals surface area contributed by atoms with Crippen molar-refractivity contribution >= 4 is 5.91 Å². The van der Waals surface area contributed by atoms with Crippen molar-refractivity contribution in [2.45, 2.75) is 13.8 Å². The number of hydrogen-bond donors (Lipinski definition) is 1. The highest BCUT2D eigenvalue weighted by atomic mass is 19.2. The lowest BCUT2D eigenvalue weighted by Gasteiger charge is -2.10. The quantitative estimate of drug-likeness (QED) is 0.675. The number of hydrogen-bond acceptors (Lipinski definition) is 2. The minimum atomic E-state index is -1.66. The third kappa shape index (κ3) is 4.25. The van der Waals surface area contributed by atoms with Crippen LogP contribution < -0.4 is 10.1 Å². The zero-order chi connectivity index (χ0) is 17.0. The van der Waals surface area contributed by atoms with Gasteiger partial charge in [0.25, 0.3) is 5.91 Å². The molecule has 0 fully saturated rings. The number of nitrogens with one attached hydrogen (secondary N) is 1. The summed E-state index contributed by atoms with van der Waals surface area (Å²) < 4.78 is 44.9. The van der Waals surface area contributed by atoms with Gasteiger partial charge in [0.1, 0.15) is 12.4 Å². The molecule has 0 atom stereocenters. The summed E-state index contributed by atoms with van der Waals surface area (Å²) in [6.07, 6.45) is 0. The molecule has 0 bridgehead atoms. The van der Waals surface area contributed by atoms with Crippen LogP contribution >= 0.6 is 0 Å². The molecule has 0 radical (unpaired) electrons. The Bertz CT molecular complexity index is 712. The van der Waals surface area contributed by atoms with Gasteiger partial charge in [0, 0.05) is 0 Å². The van der Waals surface area contributed by atoms with E-state index in [1.807, 2.05) is 32.0 Å². The zero-order valence-corrected chi connectivity index (χ0v) is 12.8. The van der Waals surface area contributed by atoms with Crippen LogP contribution in [0.3, 0.4) is 0 Å². The molecule has 0 unspecified atom stereocenters. The molecular weight excluding hydrogens is 307 g/mol. The van der Waals surface area contributed by atoms with E-state index in [4.69, 9.17) is 4.74 Å². The molecule has 0 aromatic heterocycles. The molecule has 0 heterocycles. The second-order valence-corrected chi connectivity index (χ2v) is 5.15. The van der Waals surface area contributed by atoms with Crippen molar-refractivity contribution in [1.82, 2.24) is 5.32 Å². The van der Waals surface area contributed by atoms with Gasteiger partial charge in [-0.05, 0) is 49.2 Å². The largest absolute Gasteiger partial charge is 0.492 e. The average molecular weight is 323 g/mol. The first-order valence-electron chi connectivity index (χ1n) is 7.01. The molecule has 0 spiro atoms. The number of aryl methyl sites for hydroxylation is 2. The molecule has 0 aliphatic heterocycles. The van der Waals surface area contributed by atoms with Crippen LogP contribution in [-0.4, -0.2) is 19.1 Å². The molecule has 6 heteroatoms. The summed E-state index contributed by atoms with van der Waals surface area (Å²) in [6, 6.07) is 7.31. The van der Waals surface area contributed by atoms with E-state index < -0.39 is 28.9 Å². The van der Waals surface area contributed by atoms with Crippen molar-refractivity contribution in [3.8, 4) is 5.75 Å². The monoisotopic (exact) mass is 323 g/mol. The predicted molar refractivity (Wildman–Crippen MR) is 80.1 cm³/mol. The predicted octanol–water partition coefficient (Wildman–Crippen LogP) is 3.53. The van der Waals surface area contributed by atoms with Crippen molar-refractivity contribution in [1.29, 1.82) is 0 Å².